The number of thiocarbonyl (C=S) groups is 1. The maximum Gasteiger partial charge on any atom is 0.270 e. The van der Waals surface area contributed by atoms with Crippen LogP contribution >= 0.6 is 12.2 Å². The number of carbonyl (C=O) groups is 3. The number of amides is 3. The van der Waals surface area contributed by atoms with Gasteiger partial charge in [0.2, 0.25) is 0 Å². The highest BCUT2D eigenvalue weighted by atomic mass is 32.1. The molecule has 1 fully saturated rings. The van der Waals surface area contributed by atoms with Gasteiger partial charge < -0.3 is 14.8 Å². The second kappa shape index (κ2) is 10.6. The summed E-state index contributed by atoms with van der Waals surface area (Å²) < 4.78 is 10.6. The van der Waals surface area contributed by atoms with Crippen LogP contribution in [0, 0.1) is 0 Å². The Kier molecular flexibility index (Phi) is 7.18. The van der Waals surface area contributed by atoms with Gasteiger partial charge in [-0.2, -0.15) is 0 Å². The summed E-state index contributed by atoms with van der Waals surface area (Å²) >= 11 is 5.19. The van der Waals surface area contributed by atoms with Crippen LogP contribution in [0.25, 0.3) is 6.08 Å². The Morgan fingerprint density at radius 2 is 1.63 bits per heavy atom. The molecule has 0 bridgehead atoms. The summed E-state index contributed by atoms with van der Waals surface area (Å²) in [5.41, 5.74) is 1.75. The van der Waals surface area contributed by atoms with E-state index in [1.807, 2.05) is 6.07 Å². The first-order valence-electron chi connectivity index (χ1n) is 10.6. The number of hydrogen-bond acceptors (Lipinski definition) is 6. The highest BCUT2D eigenvalue weighted by Crippen LogP contribution is 2.22. The first kappa shape index (κ1) is 23.7. The maximum atomic E-state index is 13.0. The molecule has 3 aromatic carbocycles. The molecular weight excluding hydrogens is 466 g/mol. The molecule has 3 aromatic rings. The molecule has 0 spiro atoms. The van der Waals surface area contributed by atoms with Crippen molar-refractivity contribution in [3.05, 3.63) is 90.0 Å². The third-order valence-electron chi connectivity index (χ3n) is 5.05. The van der Waals surface area contributed by atoms with Crippen molar-refractivity contribution in [2.45, 2.75) is 0 Å². The molecule has 0 radical (unpaired) electrons. The Morgan fingerprint density at radius 1 is 0.971 bits per heavy atom. The summed E-state index contributed by atoms with van der Waals surface area (Å²) in [6.07, 6.45) is 1.48. The minimum absolute atomic E-state index is 0.0278. The fourth-order valence-corrected chi connectivity index (χ4v) is 3.60. The van der Waals surface area contributed by atoms with Crippen molar-refractivity contribution in [2.24, 2.45) is 0 Å². The van der Waals surface area contributed by atoms with Gasteiger partial charge >= 0.3 is 0 Å². The Bertz CT molecular complexity index is 1290. The lowest BCUT2D eigenvalue weighted by atomic mass is 10.1. The molecule has 4 rings (SSSR count). The lowest BCUT2D eigenvalue weighted by Gasteiger charge is -2.28. The van der Waals surface area contributed by atoms with E-state index in [1.54, 1.807) is 79.9 Å². The van der Waals surface area contributed by atoms with Gasteiger partial charge in [-0.3, -0.25) is 24.6 Å². The quantitative estimate of drug-likeness (QED) is 0.301. The normalized spacial score (nSPS) is 14.5. The second-order valence-corrected chi connectivity index (χ2v) is 7.81. The predicted molar refractivity (Wildman–Crippen MR) is 136 cm³/mol. The minimum atomic E-state index is -0.567. The van der Waals surface area contributed by atoms with Gasteiger partial charge in [-0.1, -0.05) is 30.3 Å². The lowest BCUT2D eigenvalue weighted by Crippen LogP contribution is -2.54. The summed E-state index contributed by atoms with van der Waals surface area (Å²) in [6.45, 7) is -0.184. The molecule has 1 aliphatic rings. The molecule has 0 unspecified atom stereocenters. The van der Waals surface area contributed by atoms with Gasteiger partial charge in [0, 0.05) is 5.69 Å². The molecule has 3 amide bonds. The zero-order valence-electron chi connectivity index (χ0n) is 18.7. The average molecular weight is 488 g/mol. The fraction of sp³-hybridized carbons (Fsp3) is 0.0769. The molecule has 8 nitrogen and oxygen atoms in total. The highest BCUT2D eigenvalue weighted by Gasteiger charge is 2.34. The molecule has 1 saturated heterocycles. The van der Waals surface area contributed by atoms with E-state index in [1.165, 1.54) is 11.0 Å². The van der Waals surface area contributed by atoms with Crippen LogP contribution in [0.2, 0.25) is 0 Å². The predicted octanol–water partition coefficient (Wildman–Crippen LogP) is 3.54. The van der Waals surface area contributed by atoms with Gasteiger partial charge in [0.1, 0.15) is 17.1 Å². The van der Waals surface area contributed by atoms with Crippen molar-refractivity contribution in [1.82, 2.24) is 5.32 Å². The van der Waals surface area contributed by atoms with Crippen LogP contribution in [0.4, 0.5) is 11.4 Å². The average Bonchev–Trinajstić information content (AvgIpc) is 2.87. The Balaban J connectivity index is 1.40. The minimum Gasteiger partial charge on any atom is -0.497 e. The number of nitrogens with one attached hydrogen (secondary N) is 2. The van der Waals surface area contributed by atoms with Crippen LogP contribution in [0.1, 0.15) is 5.56 Å². The van der Waals surface area contributed by atoms with Crippen molar-refractivity contribution in [2.75, 3.05) is 23.9 Å². The molecule has 35 heavy (non-hydrogen) atoms. The van der Waals surface area contributed by atoms with Crippen LogP contribution in [0.5, 0.6) is 11.5 Å². The summed E-state index contributed by atoms with van der Waals surface area (Å²) in [6, 6.07) is 22.5. The van der Waals surface area contributed by atoms with Gasteiger partial charge in [0.15, 0.2) is 11.7 Å². The fourth-order valence-electron chi connectivity index (χ4n) is 3.32. The van der Waals surface area contributed by atoms with Crippen molar-refractivity contribution in [3.63, 3.8) is 0 Å². The van der Waals surface area contributed by atoms with E-state index in [-0.39, 0.29) is 23.2 Å². The van der Waals surface area contributed by atoms with E-state index in [9.17, 15) is 14.4 Å². The van der Waals surface area contributed by atoms with Crippen LogP contribution in [-0.2, 0) is 14.4 Å². The number of anilines is 2. The Morgan fingerprint density at radius 3 is 2.29 bits per heavy atom. The molecule has 0 saturated carbocycles. The molecule has 0 atom stereocenters. The summed E-state index contributed by atoms with van der Waals surface area (Å²) in [4.78, 5) is 38.9. The van der Waals surface area contributed by atoms with Crippen molar-refractivity contribution >= 4 is 52.5 Å². The third kappa shape index (κ3) is 5.71. The van der Waals surface area contributed by atoms with E-state index >= 15 is 0 Å². The molecule has 9 heteroatoms. The Hall–Kier alpha value is -4.50. The van der Waals surface area contributed by atoms with E-state index < -0.39 is 11.8 Å². The monoisotopic (exact) mass is 487 g/mol. The number of hydrogen-bond donors (Lipinski definition) is 2. The van der Waals surface area contributed by atoms with Crippen LogP contribution < -0.4 is 25.0 Å². The lowest BCUT2D eigenvalue weighted by molar-refractivity contribution is -0.122. The molecule has 2 N–H and O–H groups in total. The SMILES string of the molecule is COc1ccc(NC(=O)COc2ccc(C=C3C(=O)NC(=S)N(c4ccccc4)C3=O)cc2)cc1. The summed E-state index contributed by atoms with van der Waals surface area (Å²) in [7, 11) is 1.57. The van der Waals surface area contributed by atoms with Gasteiger partial charge in [0.05, 0.1) is 12.8 Å². The van der Waals surface area contributed by atoms with Gasteiger partial charge in [-0.05, 0) is 72.4 Å². The number of methoxy groups -OCH3 is 1. The van der Waals surface area contributed by atoms with Crippen molar-refractivity contribution in [3.8, 4) is 11.5 Å². The largest absolute Gasteiger partial charge is 0.497 e. The number of carbonyl (C=O) groups excluding carboxylic acids is 3. The number of rotatable bonds is 7. The van der Waals surface area contributed by atoms with Crippen LogP contribution in [0.15, 0.2) is 84.4 Å². The van der Waals surface area contributed by atoms with E-state index in [0.29, 0.717) is 28.4 Å². The molecule has 0 aromatic heterocycles. The number of nitrogens with zero attached hydrogens (tertiary/aromatic N) is 1. The highest BCUT2D eigenvalue weighted by molar-refractivity contribution is 7.80. The summed E-state index contributed by atoms with van der Waals surface area (Å²) in [5.74, 6) is -0.244. The van der Waals surface area contributed by atoms with E-state index in [4.69, 9.17) is 21.7 Å². The standard InChI is InChI=1S/C26H21N3O5S/c1-33-20-13-9-18(10-14-20)27-23(30)16-34-21-11-7-17(8-12-21)15-22-24(31)28-26(35)29(25(22)32)19-5-3-2-4-6-19/h2-15H,16H2,1H3,(H,27,30)(H,28,31,35). The first-order chi connectivity index (χ1) is 16.9. The summed E-state index contributed by atoms with van der Waals surface area (Å²) in [5, 5.41) is 5.31. The first-order valence-corrected chi connectivity index (χ1v) is 11.0. The van der Waals surface area contributed by atoms with Crippen molar-refractivity contribution < 1.29 is 23.9 Å². The number of para-hydroxylation sites is 1. The molecule has 0 aliphatic carbocycles. The molecular formula is C26H21N3O5S. The van der Waals surface area contributed by atoms with Crippen molar-refractivity contribution in [1.29, 1.82) is 0 Å². The third-order valence-corrected chi connectivity index (χ3v) is 5.34. The zero-order valence-corrected chi connectivity index (χ0v) is 19.5. The van der Waals surface area contributed by atoms with Gasteiger partial charge in [-0.15, -0.1) is 0 Å². The topological polar surface area (TPSA) is 97.0 Å². The maximum absolute atomic E-state index is 13.0. The van der Waals surface area contributed by atoms with Crippen LogP contribution in [-0.4, -0.2) is 36.6 Å². The number of ether oxygens (including phenoxy) is 2. The zero-order chi connectivity index (χ0) is 24.8. The van der Waals surface area contributed by atoms with E-state index in [2.05, 4.69) is 10.6 Å². The Labute approximate surface area is 207 Å². The molecule has 1 aliphatic heterocycles. The molecule has 1 heterocycles. The van der Waals surface area contributed by atoms with Crippen LogP contribution in [0.3, 0.4) is 0 Å². The number of benzene rings is 3. The van der Waals surface area contributed by atoms with E-state index in [0.717, 1.165) is 0 Å². The molecule has 176 valence electrons. The second-order valence-electron chi connectivity index (χ2n) is 7.43. The smallest absolute Gasteiger partial charge is 0.270 e. The van der Waals surface area contributed by atoms with Gasteiger partial charge in [0.25, 0.3) is 17.7 Å². The van der Waals surface area contributed by atoms with Gasteiger partial charge in [-0.25, -0.2) is 0 Å².